The summed E-state index contributed by atoms with van der Waals surface area (Å²) in [7, 11) is 0. The summed E-state index contributed by atoms with van der Waals surface area (Å²) in [6.45, 7) is 6.50. The second-order valence-electron chi connectivity index (χ2n) is 6.02. The van der Waals surface area contributed by atoms with Gasteiger partial charge in [0.2, 0.25) is 0 Å². The standard InChI is InChI=1S/C14H24N4OS/c1-9(2)11-4-6-12(7-5-11)16-14(19)15-10(3)13-8-20-18-17-13/h8-12H,4-7H2,1-3H3,(H2,15,16,19). The van der Waals surface area contributed by atoms with Gasteiger partial charge in [0.1, 0.15) is 0 Å². The molecule has 0 saturated heterocycles. The summed E-state index contributed by atoms with van der Waals surface area (Å²) in [4.78, 5) is 12.0. The van der Waals surface area contributed by atoms with Gasteiger partial charge in [-0.3, -0.25) is 0 Å². The lowest BCUT2D eigenvalue weighted by Gasteiger charge is -2.31. The molecule has 2 rings (SSSR count). The Morgan fingerprint density at radius 2 is 2.00 bits per heavy atom. The van der Waals surface area contributed by atoms with Crippen molar-refractivity contribution >= 4 is 17.6 Å². The lowest BCUT2D eigenvalue weighted by molar-refractivity contribution is 0.214. The molecular formula is C14H24N4OS. The average molecular weight is 296 g/mol. The quantitative estimate of drug-likeness (QED) is 0.897. The molecule has 0 aromatic carbocycles. The van der Waals surface area contributed by atoms with Gasteiger partial charge in [-0.1, -0.05) is 18.3 Å². The Labute approximate surface area is 124 Å². The largest absolute Gasteiger partial charge is 0.335 e. The van der Waals surface area contributed by atoms with E-state index >= 15 is 0 Å². The molecule has 0 bridgehead atoms. The van der Waals surface area contributed by atoms with Crippen LogP contribution in [0.15, 0.2) is 5.38 Å². The third-order valence-electron chi connectivity index (χ3n) is 4.22. The zero-order valence-corrected chi connectivity index (χ0v) is 13.2. The SMILES string of the molecule is CC(NC(=O)NC1CCC(C(C)C)CC1)c1csnn1. The van der Waals surface area contributed by atoms with Crippen LogP contribution < -0.4 is 10.6 Å². The Balaban J connectivity index is 1.73. The summed E-state index contributed by atoms with van der Waals surface area (Å²) in [5.74, 6) is 1.57. The van der Waals surface area contributed by atoms with E-state index in [1.165, 1.54) is 24.4 Å². The minimum Gasteiger partial charge on any atom is -0.335 e. The third-order valence-corrected chi connectivity index (χ3v) is 4.74. The van der Waals surface area contributed by atoms with Crippen molar-refractivity contribution in [3.05, 3.63) is 11.1 Å². The number of carbonyl (C=O) groups excluding carboxylic acids is 1. The summed E-state index contributed by atoms with van der Waals surface area (Å²) < 4.78 is 3.81. The molecule has 1 aliphatic carbocycles. The van der Waals surface area contributed by atoms with Crippen molar-refractivity contribution in [3.63, 3.8) is 0 Å². The van der Waals surface area contributed by atoms with E-state index in [9.17, 15) is 4.79 Å². The van der Waals surface area contributed by atoms with Gasteiger partial charge >= 0.3 is 6.03 Å². The first-order valence-corrected chi connectivity index (χ1v) is 8.24. The first kappa shape index (κ1) is 15.2. The van der Waals surface area contributed by atoms with Crippen LogP contribution in [0.25, 0.3) is 0 Å². The minimum absolute atomic E-state index is 0.0965. The molecule has 2 N–H and O–H groups in total. The summed E-state index contributed by atoms with van der Waals surface area (Å²) in [6.07, 6.45) is 4.61. The van der Waals surface area contributed by atoms with Crippen molar-refractivity contribution in [1.29, 1.82) is 0 Å². The van der Waals surface area contributed by atoms with Crippen LogP contribution in [0, 0.1) is 11.8 Å². The van der Waals surface area contributed by atoms with Crippen LogP contribution in [-0.2, 0) is 0 Å². The van der Waals surface area contributed by atoms with Crippen molar-refractivity contribution in [2.24, 2.45) is 11.8 Å². The van der Waals surface area contributed by atoms with E-state index in [0.29, 0.717) is 6.04 Å². The van der Waals surface area contributed by atoms with Crippen LogP contribution in [0.4, 0.5) is 4.79 Å². The molecule has 1 aliphatic rings. The molecule has 112 valence electrons. The minimum atomic E-state index is -0.0986. The van der Waals surface area contributed by atoms with Crippen molar-refractivity contribution < 1.29 is 4.79 Å². The van der Waals surface area contributed by atoms with Crippen LogP contribution in [0.3, 0.4) is 0 Å². The smallest absolute Gasteiger partial charge is 0.315 e. The highest BCUT2D eigenvalue weighted by atomic mass is 32.1. The predicted octanol–water partition coefficient (Wildman–Crippen LogP) is 3.11. The highest BCUT2D eigenvalue weighted by Gasteiger charge is 2.24. The Morgan fingerprint density at radius 1 is 1.30 bits per heavy atom. The molecule has 2 amide bonds. The molecule has 0 spiro atoms. The van der Waals surface area contributed by atoms with Crippen LogP contribution >= 0.6 is 11.5 Å². The molecule has 6 heteroatoms. The van der Waals surface area contributed by atoms with E-state index in [1.807, 2.05) is 12.3 Å². The van der Waals surface area contributed by atoms with E-state index < -0.39 is 0 Å². The van der Waals surface area contributed by atoms with Crippen molar-refractivity contribution in [2.75, 3.05) is 0 Å². The van der Waals surface area contributed by atoms with Gasteiger partial charge in [0.25, 0.3) is 0 Å². The number of aromatic nitrogens is 2. The lowest BCUT2D eigenvalue weighted by Crippen LogP contribution is -2.44. The van der Waals surface area contributed by atoms with Crippen LogP contribution in [0.5, 0.6) is 0 Å². The number of nitrogens with one attached hydrogen (secondary N) is 2. The van der Waals surface area contributed by atoms with Gasteiger partial charge in [-0.2, -0.15) is 0 Å². The van der Waals surface area contributed by atoms with Crippen LogP contribution in [0.2, 0.25) is 0 Å². The highest BCUT2D eigenvalue weighted by molar-refractivity contribution is 7.03. The Bertz CT molecular complexity index is 413. The molecule has 5 nitrogen and oxygen atoms in total. The number of nitrogens with zero attached hydrogens (tertiary/aromatic N) is 2. The second-order valence-corrected chi connectivity index (χ2v) is 6.63. The monoisotopic (exact) mass is 296 g/mol. The summed E-state index contributed by atoms with van der Waals surface area (Å²) in [5, 5.41) is 11.8. The Morgan fingerprint density at radius 3 is 2.55 bits per heavy atom. The molecule has 1 unspecified atom stereocenters. The van der Waals surface area contributed by atoms with Gasteiger partial charge in [0.15, 0.2) is 0 Å². The number of rotatable bonds is 4. The van der Waals surface area contributed by atoms with Crippen LogP contribution in [0.1, 0.15) is 58.2 Å². The number of amides is 2. The molecule has 0 aliphatic heterocycles. The molecule has 20 heavy (non-hydrogen) atoms. The van der Waals surface area contributed by atoms with E-state index in [4.69, 9.17) is 0 Å². The number of urea groups is 1. The Hall–Kier alpha value is -1.17. The molecule has 1 fully saturated rings. The van der Waals surface area contributed by atoms with E-state index in [2.05, 4.69) is 34.1 Å². The third kappa shape index (κ3) is 4.16. The first-order valence-electron chi connectivity index (χ1n) is 7.40. The van der Waals surface area contributed by atoms with Gasteiger partial charge in [-0.05, 0) is 56.0 Å². The fourth-order valence-electron chi connectivity index (χ4n) is 2.79. The highest BCUT2D eigenvalue weighted by Crippen LogP contribution is 2.29. The maximum Gasteiger partial charge on any atom is 0.315 e. The van der Waals surface area contributed by atoms with Crippen LogP contribution in [-0.4, -0.2) is 21.7 Å². The average Bonchev–Trinajstić information content (AvgIpc) is 2.93. The fourth-order valence-corrected chi connectivity index (χ4v) is 3.34. The number of hydrogen-bond donors (Lipinski definition) is 2. The number of carbonyl (C=O) groups is 1. The van der Waals surface area contributed by atoms with E-state index in [-0.39, 0.29) is 12.1 Å². The van der Waals surface area contributed by atoms with Crippen molar-refractivity contribution in [2.45, 2.75) is 58.5 Å². The maximum atomic E-state index is 12.0. The topological polar surface area (TPSA) is 66.9 Å². The predicted molar refractivity (Wildman–Crippen MR) is 80.6 cm³/mol. The normalized spacial score (nSPS) is 24.4. The first-order chi connectivity index (χ1) is 9.56. The van der Waals surface area contributed by atoms with Crippen molar-refractivity contribution in [1.82, 2.24) is 20.2 Å². The van der Waals surface area contributed by atoms with Gasteiger partial charge in [-0.15, -0.1) is 5.10 Å². The molecular weight excluding hydrogens is 272 g/mol. The molecule has 1 aromatic heterocycles. The van der Waals surface area contributed by atoms with Gasteiger partial charge in [0, 0.05) is 11.4 Å². The summed E-state index contributed by atoms with van der Waals surface area (Å²) in [6, 6.07) is 0.116. The maximum absolute atomic E-state index is 12.0. The van der Waals surface area contributed by atoms with E-state index in [1.54, 1.807) is 0 Å². The molecule has 1 atom stereocenters. The zero-order valence-electron chi connectivity index (χ0n) is 12.4. The summed E-state index contributed by atoms with van der Waals surface area (Å²) >= 11 is 1.30. The van der Waals surface area contributed by atoms with E-state index in [0.717, 1.165) is 30.4 Å². The zero-order chi connectivity index (χ0) is 14.5. The molecule has 1 aromatic rings. The van der Waals surface area contributed by atoms with Crippen molar-refractivity contribution in [3.8, 4) is 0 Å². The molecule has 1 heterocycles. The molecule has 1 saturated carbocycles. The van der Waals surface area contributed by atoms with Gasteiger partial charge < -0.3 is 10.6 Å². The lowest BCUT2D eigenvalue weighted by atomic mass is 9.80. The molecule has 0 radical (unpaired) electrons. The number of hydrogen-bond acceptors (Lipinski definition) is 4. The van der Waals surface area contributed by atoms with Gasteiger partial charge in [-0.25, -0.2) is 4.79 Å². The van der Waals surface area contributed by atoms with Gasteiger partial charge in [0.05, 0.1) is 11.7 Å². The Kier molecular flexibility index (Phi) is 5.34. The fraction of sp³-hybridized carbons (Fsp3) is 0.786. The second kappa shape index (κ2) is 7.02. The summed E-state index contributed by atoms with van der Waals surface area (Å²) in [5.41, 5.74) is 0.814.